The van der Waals surface area contributed by atoms with E-state index < -0.39 is 0 Å². The van der Waals surface area contributed by atoms with E-state index in [0.717, 1.165) is 30.0 Å². The van der Waals surface area contributed by atoms with E-state index in [9.17, 15) is 0 Å². The van der Waals surface area contributed by atoms with Gasteiger partial charge in [0.15, 0.2) is 0 Å². The van der Waals surface area contributed by atoms with Crippen LogP contribution >= 0.6 is 0 Å². The minimum Gasteiger partial charge on any atom is -0.333 e. The minimum absolute atomic E-state index is 0.260. The third-order valence-electron chi connectivity index (χ3n) is 3.47. The number of para-hydroxylation sites is 1. The highest BCUT2D eigenvalue weighted by molar-refractivity contribution is 5.32. The van der Waals surface area contributed by atoms with Crippen molar-refractivity contribution in [1.82, 2.24) is 19.3 Å². The molecule has 0 amide bonds. The quantitative estimate of drug-likeness (QED) is 0.781. The molecule has 3 rings (SSSR count). The average molecular weight is 281 g/mol. The minimum atomic E-state index is -0.260. The average Bonchev–Trinajstić information content (AvgIpc) is 3.17. The zero-order valence-electron chi connectivity index (χ0n) is 12.1. The second-order valence-corrected chi connectivity index (χ2v) is 5.01. The van der Waals surface area contributed by atoms with Crippen molar-refractivity contribution in [2.45, 2.75) is 25.9 Å². The molecule has 0 fully saturated rings. The van der Waals surface area contributed by atoms with Crippen molar-refractivity contribution in [2.24, 2.45) is 5.73 Å². The maximum atomic E-state index is 6.35. The number of aromatic nitrogens is 4. The van der Waals surface area contributed by atoms with Crippen molar-refractivity contribution in [2.75, 3.05) is 0 Å². The fraction of sp³-hybridized carbons (Fsp3) is 0.250. The Bertz CT molecular complexity index is 698. The summed E-state index contributed by atoms with van der Waals surface area (Å²) in [6, 6.07) is 9.74. The van der Waals surface area contributed by atoms with Crippen molar-refractivity contribution < 1.29 is 0 Å². The zero-order valence-corrected chi connectivity index (χ0v) is 12.1. The van der Waals surface area contributed by atoms with Crippen LogP contribution in [0.2, 0.25) is 0 Å². The molecule has 0 aliphatic heterocycles. The molecule has 3 aromatic rings. The molecule has 5 nitrogen and oxygen atoms in total. The highest BCUT2D eigenvalue weighted by Gasteiger charge is 2.16. The Hall–Kier alpha value is -2.40. The third-order valence-corrected chi connectivity index (χ3v) is 3.47. The van der Waals surface area contributed by atoms with Crippen molar-refractivity contribution in [3.05, 3.63) is 66.5 Å². The van der Waals surface area contributed by atoms with Gasteiger partial charge in [-0.15, -0.1) is 0 Å². The van der Waals surface area contributed by atoms with E-state index in [1.165, 1.54) is 0 Å². The monoisotopic (exact) mass is 281 g/mol. The normalized spacial score (nSPS) is 12.5. The molecule has 1 atom stereocenters. The molecule has 2 N–H and O–H groups in total. The zero-order chi connectivity index (χ0) is 14.7. The highest BCUT2D eigenvalue weighted by Crippen LogP contribution is 2.19. The first-order valence-electron chi connectivity index (χ1n) is 7.16. The van der Waals surface area contributed by atoms with Gasteiger partial charge in [-0.3, -0.25) is 0 Å². The smallest absolute Gasteiger partial charge is 0.130 e. The first-order chi connectivity index (χ1) is 10.3. The Balaban J connectivity index is 1.87. The lowest BCUT2D eigenvalue weighted by Gasteiger charge is -2.12. The molecule has 0 aliphatic carbocycles. The van der Waals surface area contributed by atoms with Crippen LogP contribution < -0.4 is 5.73 Å². The molecular formula is C16H19N5. The fourth-order valence-corrected chi connectivity index (χ4v) is 2.40. The van der Waals surface area contributed by atoms with E-state index in [1.54, 1.807) is 6.20 Å². The second-order valence-electron chi connectivity index (χ2n) is 5.01. The molecule has 21 heavy (non-hydrogen) atoms. The predicted molar refractivity (Wildman–Crippen MR) is 82.1 cm³/mol. The van der Waals surface area contributed by atoms with Crippen LogP contribution in [-0.2, 0) is 6.54 Å². The molecule has 108 valence electrons. The summed E-state index contributed by atoms with van der Waals surface area (Å²) in [7, 11) is 0. The van der Waals surface area contributed by atoms with E-state index in [2.05, 4.69) is 21.6 Å². The van der Waals surface area contributed by atoms with Crippen LogP contribution in [0.3, 0.4) is 0 Å². The topological polar surface area (TPSA) is 61.7 Å². The number of nitrogens with two attached hydrogens (primary N) is 1. The lowest BCUT2D eigenvalue weighted by Crippen LogP contribution is -2.17. The SMILES string of the molecule is CCCn1ccnc1C(N)c1cnn(-c2ccccc2)c1. The molecule has 0 radical (unpaired) electrons. The van der Waals surface area contributed by atoms with Crippen LogP contribution in [0.5, 0.6) is 0 Å². The van der Waals surface area contributed by atoms with Crippen LogP contribution in [0.25, 0.3) is 5.69 Å². The van der Waals surface area contributed by atoms with Gasteiger partial charge in [0.2, 0.25) is 0 Å². The first kappa shape index (κ1) is 13.6. The molecule has 0 aliphatic rings. The maximum absolute atomic E-state index is 6.35. The summed E-state index contributed by atoms with van der Waals surface area (Å²) in [6.45, 7) is 3.07. The molecule has 1 aromatic carbocycles. The number of hydrogen-bond acceptors (Lipinski definition) is 3. The van der Waals surface area contributed by atoms with Gasteiger partial charge < -0.3 is 10.3 Å². The largest absolute Gasteiger partial charge is 0.333 e. The van der Waals surface area contributed by atoms with Crippen LogP contribution in [-0.4, -0.2) is 19.3 Å². The van der Waals surface area contributed by atoms with Gasteiger partial charge in [-0.2, -0.15) is 5.10 Å². The fourth-order valence-electron chi connectivity index (χ4n) is 2.40. The summed E-state index contributed by atoms with van der Waals surface area (Å²) in [5.74, 6) is 0.879. The van der Waals surface area contributed by atoms with Crippen molar-refractivity contribution in [3.63, 3.8) is 0 Å². The molecule has 0 spiro atoms. The number of hydrogen-bond donors (Lipinski definition) is 1. The van der Waals surface area contributed by atoms with Gasteiger partial charge >= 0.3 is 0 Å². The third kappa shape index (κ3) is 2.73. The molecule has 1 unspecified atom stereocenters. The highest BCUT2D eigenvalue weighted by atomic mass is 15.3. The van der Waals surface area contributed by atoms with Crippen molar-refractivity contribution in [1.29, 1.82) is 0 Å². The van der Waals surface area contributed by atoms with Gasteiger partial charge in [-0.05, 0) is 18.6 Å². The van der Waals surface area contributed by atoms with E-state index in [1.807, 2.05) is 53.6 Å². The van der Waals surface area contributed by atoms with E-state index >= 15 is 0 Å². The van der Waals surface area contributed by atoms with E-state index in [4.69, 9.17) is 5.73 Å². The van der Waals surface area contributed by atoms with Crippen molar-refractivity contribution in [3.8, 4) is 5.69 Å². The molecule has 0 bridgehead atoms. The summed E-state index contributed by atoms with van der Waals surface area (Å²) in [5, 5.41) is 4.39. The Morgan fingerprint density at radius 1 is 1.24 bits per heavy atom. The lowest BCUT2D eigenvalue weighted by molar-refractivity contribution is 0.613. The summed E-state index contributed by atoms with van der Waals surface area (Å²) in [4.78, 5) is 4.39. The number of benzene rings is 1. The Kier molecular flexibility index (Phi) is 3.83. The maximum Gasteiger partial charge on any atom is 0.130 e. The number of rotatable bonds is 5. The molecule has 0 saturated heterocycles. The van der Waals surface area contributed by atoms with Crippen LogP contribution in [0.4, 0.5) is 0 Å². The van der Waals surface area contributed by atoms with Gasteiger partial charge in [0, 0.05) is 30.7 Å². The second kappa shape index (κ2) is 5.93. The van der Waals surface area contributed by atoms with Crippen molar-refractivity contribution >= 4 is 0 Å². The summed E-state index contributed by atoms with van der Waals surface area (Å²) >= 11 is 0. The first-order valence-corrected chi connectivity index (χ1v) is 7.16. The number of nitrogens with zero attached hydrogens (tertiary/aromatic N) is 4. The van der Waals surface area contributed by atoms with E-state index in [-0.39, 0.29) is 6.04 Å². The van der Waals surface area contributed by atoms with Crippen LogP contribution in [0, 0.1) is 0 Å². The Morgan fingerprint density at radius 2 is 2.05 bits per heavy atom. The molecule has 0 saturated carbocycles. The molecule has 2 heterocycles. The number of aryl methyl sites for hydroxylation is 1. The standard InChI is InChI=1S/C16H19N5/c1-2-9-20-10-8-18-16(20)15(17)13-11-19-21(12-13)14-6-4-3-5-7-14/h3-8,10-12,15H,2,9,17H2,1H3. The number of imidazole rings is 1. The molecular weight excluding hydrogens is 262 g/mol. The molecule has 2 aromatic heterocycles. The van der Waals surface area contributed by atoms with Gasteiger partial charge in [0.1, 0.15) is 5.82 Å². The predicted octanol–water partition coefficient (Wildman–Crippen LogP) is 2.53. The van der Waals surface area contributed by atoms with E-state index in [0.29, 0.717) is 0 Å². The summed E-state index contributed by atoms with van der Waals surface area (Å²) < 4.78 is 3.94. The van der Waals surface area contributed by atoms with Crippen LogP contribution in [0.15, 0.2) is 55.1 Å². The van der Waals surface area contributed by atoms with Gasteiger partial charge in [-0.25, -0.2) is 9.67 Å². The lowest BCUT2D eigenvalue weighted by atomic mass is 10.1. The molecule has 5 heteroatoms. The van der Waals surface area contributed by atoms with Gasteiger partial charge in [0.25, 0.3) is 0 Å². The Labute approximate surface area is 124 Å². The van der Waals surface area contributed by atoms with Crippen LogP contribution in [0.1, 0.15) is 30.8 Å². The Morgan fingerprint density at radius 3 is 2.81 bits per heavy atom. The summed E-state index contributed by atoms with van der Waals surface area (Å²) in [5.41, 5.74) is 8.33. The summed E-state index contributed by atoms with van der Waals surface area (Å²) in [6.07, 6.45) is 8.60. The van der Waals surface area contributed by atoms with Gasteiger partial charge in [0.05, 0.1) is 17.9 Å². The van der Waals surface area contributed by atoms with Gasteiger partial charge in [-0.1, -0.05) is 25.1 Å².